The van der Waals surface area contributed by atoms with Gasteiger partial charge in [-0.2, -0.15) is 0 Å². The number of nitrogens with one attached hydrogen (secondary N) is 1. The van der Waals surface area contributed by atoms with Crippen molar-refractivity contribution >= 4 is 44.0 Å². The van der Waals surface area contributed by atoms with E-state index in [0.29, 0.717) is 10.5 Å². The molecule has 0 bridgehead atoms. The maximum atomic E-state index is 12.4. The zero-order valence-corrected chi connectivity index (χ0v) is 18.2. The Labute approximate surface area is 174 Å². The van der Waals surface area contributed by atoms with Gasteiger partial charge < -0.3 is 10.2 Å². The first-order valence-corrected chi connectivity index (χ1v) is 11.8. The molecule has 1 amide bonds. The van der Waals surface area contributed by atoms with Crippen LogP contribution in [-0.4, -0.2) is 39.2 Å². The number of amides is 1. The lowest BCUT2D eigenvalue weighted by Crippen LogP contribution is -2.44. The van der Waals surface area contributed by atoms with Crippen LogP contribution in [0.3, 0.4) is 0 Å². The normalized spacial score (nSPS) is 15.6. The fraction of sp³-hybridized carbons (Fsp3) is 0.350. The van der Waals surface area contributed by atoms with Crippen LogP contribution in [0.4, 0.5) is 5.69 Å². The van der Waals surface area contributed by atoms with Gasteiger partial charge in [-0.25, -0.2) is 8.42 Å². The van der Waals surface area contributed by atoms with E-state index in [-0.39, 0.29) is 17.7 Å². The second-order valence-electron chi connectivity index (χ2n) is 6.64. The van der Waals surface area contributed by atoms with Gasteiger partial charge in [0.2, 0.25) is 0 Å². The van der Waals surface area contributed by atoms with Gasteiger partial charge in [-0.1, -0.05) is 6.92 Å². The Balaban J connectivity index is 1.55. The maximum Gasteiger partial charge on any atom is 0.251 e. The molecule has 1 N–H and O–H groups in total. The summed E-state index contributed by atoms with van der Waals surface area (Å²) in [6, 6.07) is 14.8. The van der Waals surface area contributed by atoms with Crippen molar-refractivity contribution in [1.82, 2.24) is 5.32 Å². The molecule has 7 heteroatoms. The number of carbonyl (C=O) groups is 1. The summed E-state index contributed by atoms with van der Waals surface area (Å²) >= 11 is 2.22. The number of piperidine rings is 1. The zero-order valence-electron chi connectivity index (χ0n) is 15.2. The molecule has 0 aliphatic carbocycles. The van der Waals surface area contributed by atoms with Gasteiger partial charge in [0.05, 0.1) is 10.6 Å². The molecule has 3 rings (SSSR count). The Kier molecular flexibility index (Phi) is 6.41. The molecule has 2 aromatic rings. The lowest BCUT2D eigenvalue weighted by molar-refractivity contribution is 0.0931. The Morgan fingerprint density at radius 3 is 2.22 bits per heavy atom. The highest BCUT2D eigenvalue weighted by molar-refractivity contribution is 14.1. The molecular weight excluding hydrogens is 475 g/mol. The second-order valence-corrected chi connectivity index (χ2v) is 10.2. The Morgan fingerprint density at radius 1 is 1.07 bits per heavy atom. The topological polar surface area (TPSA) is 66.5 Å². The van der Waals surface area contributed by atoms with Crippen LogP contribution in [0.2, 0.25) is 0 Å². The fourth-order valence-electron chi connectivity index (χ4n) is 3.18. The summed E-state index contributed by atoms with van der Waals surface area (Å²) in [5, 5.41) is 3.12. The summed E-state index contributed by atoms with van der Waals surface area (Å²) in [4.78, 5) is 15.0. The molecule has 0 unspecified atom stereocenters. The fourth-order valence-corrected chi connectivity index (χ4v) is 4.43. The van der Waals surface area contributed by atoms with E-state index < -0.39 is 9.84 Å². The van der Waals surface area contributed by atoms with Crippen LogP contribution in [0, 0.1) is 3.57 Å². The summed E-state index contributed by atoms with van der Waals surface area (Å²) in [5.74, 6) is 0.0804. The van der Waals surface area contributed by atoms with Gasteiger partial charge in [0, 0.05) is 34.0 Å². The summed E-state index contributed by atoms with van der Waals surface area (Å²) < 4.78 is 24.9. The molecule has 144 valence electrons. The third kappa shape index (κ3) is 5.01. The predicted molar refractivity (Wildman–Crippen MR) is 116 cm³/mol. The monoisotopic (exact) mass is 498 g/mol. The van der Waals surface area contributed by atoms with Gasteiger partial charge in [0.25, 0.3) is 5.91 Å². The average molecular weight is 498 g/mol. The number of anilines is 1. The van der Waals surface area contributed by atoms with Gasteiger partial charge in [-0.05, 0) is 84.0 Å². The van der Waals surface area contributed by atoms with E-state index in [0.717, 1.165) is 35.2 Å². The number of nitrogens with zero attached hydrogens (tertiary/aromatic N) is 1. The van der Waals surface area contributed by atoms with E-state index in [1.807, 2.05) is 36.4 Å². The van der Waals surface area contributed by atoms with Gasteiger partial charge in [-0.15, -0.1) is 0 Å². The van der Waals surface area contributed by atoms with E-state index in [1.54, 1.807) is 19.1 Å². The number of sulfone groups is 1. The largest absolute Gasteiger partial charge is 0.371 e. The molecule has 2 aromatic carbocycles. The van der Waals surface area contributed by atoms with Crippen molar-refractivity contribution in [1.29, 1.82) is 0 Å². The lowest BCUT2D eigenvalue weighted by atomic mass is 10.0. The predicted octanol–water partition coefficient (Wildman–Crippen LogP) is 3.48. The highest BCUT2D eigenvalue weighted by Crippen LogP contribution is 2.22. The van der Waals surface area contributed by atoms with Crippen LogP contribution in [-0.2, 0) is 9.84 Å². The van der Waals surface area contributed by atoms with Crippen molar-refractivity contribution < 1.29 is 13.2 Å². The number of halogens is 1. The molecule has 1 aliphatic heterocycles. The van der Waals surface area contributed by atoms with Crippen molar-refractivity contribution in [3.8, 4) is 0 Å². The third-order valence-electron chi connectivity index (χ3n) is 4.88. The molecule has 1 fully saturated rings. The molecule has 27 heavy (non-hydrogen) atoms. The highest BCUT2D eigenvalue weighted by Gasteiger charge is 2.22. The maximum absolute atomic E-state index is 12.4. The van der Waals surface area contributed by atoms with Crippen LogP contribution in [0.25, 0.3) is 0 Å². The number of rotatable bonds is 5. The van der Waals surface area contributed by atoms with Gasteiger partial charge >= 0.3 is 0 Å². The lowest BCUT2D eigenvalue weighted by Gasteiger charge is -2.34. The Morgan fingerprint density at radius 2 is 1.67 bits per heavy atom. The quantitative estimate of drug-likeness (QED) is 0.642. The van der Waals surface area contributed by atoms with Gasteiger partial charge in [-0.3, -0.25) is 4.79 Å². The number of carbonyl (C=O) groups excluding carboxylic acids is 1. The van der Waals surface area contributed by atoms with Gasteiger partial charge in [0.1, 0.15) is 0 Å². The first kappa shape index (κ1) is 20.1. The molecule has 5 nitrogen and oxygen atoms in total. The van der Waals surface area contributed by atoms with Crippen molar-refractivity contribution in [3.63, 3.8) is 0 Å². The summed E-state index contributed by atoms with van der Waals surface area (Å²) in [7, 11) is -3.16. The number of hydrogen-bond donors (Lipinski definition) is 1. The standard InChI is InChI=1S/C20H23IN2O3S/c1-2-27(25,26)19-9-7-18(8-10-19)23-13-11-17(12-14-23)22-20(24)15-3-5-16(21)6-4-15/h3-10,17H,2,11-14H2,1H3,(H,22,24). The van der Waals surface area contributed by atoms with Crippen molar-refractivity contribution in [2.75, 3.05) is 23.7 Å². The molecule has 1 saturated heterocycles. The molecule has 1 heterocycles. The first-order chi connectivity index (χ1) is 12.9. The average Bonchev–Trinajstić information content (AvgIpc) is 2.69. The summed E-state index contributed by atoms with van der Waals surface area (Å²) in [6.45, 7) is 3.31. The third-order valence-corrected chi connectivity index (χ3v) is 7.35. The minimum Gasteiger partial charge on any atom is -0.371 e. The highest BCUT2D eigenvalue weighted by atomic mass is 127. The SMILES string of the molecule is CCS(=O)(=O)c1ccc(N2CCC(NC(=O)c3ccc(I)cc3)CC2)cc1. The number of benzene rings is 2. The van der Waals surface area contributed by atoms with Crippen LogP contribution in [0.15, 0.2) is 53.4 Å². The summed E-state index contributed by atoms with van der Waals surface area (Å²) in [5.41, 5.74) is 1.71. The van der Waals surface area contributed by atoms with Crippen LogP contribution < -0.4 is 10.2 Å². The van der Waals surface area contributed by atoms with Crippen LogP contribution >= 0.6 is 22.6 Å². The van der Waals surface area contributed by atoms with Crippen molar-refractivity contribution in [2.45, 2.75) is 30.7 Å². The Bertz CT molecular complexity index is 888. The molecule has 0 saturated carbocycles. The smallest absolute Gasteiger partial charge is 0.251 e. The molecule has 0 radical (unpaired) electrons. The van der Waals surface area contributed by atoms with E-state index in [2.05, 4.69) is 32.8 Å². The first-order valence-electron chi connectivity index (χ1n) is 9.03. The van der Waals surface area contributed by atoms with E-state index in [9.17, 15) is 13.2 Å². The molecule has 0 atom stereocenters. The molecule has 0 spiro atoms. The molecule has 0 aromatic heterocycles. The van der Waals surface area contributed by atoms with Crippen molar-refractivity contribution in [3.05, 3.63) is 57.7 Å². The minimum atomic E-state index is -3.16. The Hall–Kier alpha value is -1.61. The second kappa shape index (κ2) is 8.60. The van der Waals surface area contributed by atoms with Crippen LogP contribution in [0.5, 0.6) is 0 Å². The summed E-state index contributed by atoms with van der Waals surface area (Å²) in [6.07, 6.45) is 1.73. The minimum absolute atomic E-state index is 0.0287. The van der Waals surface area contributed by atoms with Gasteiger partial charge in [0.15, 0.2) is 9.84 Å². The zero-order chi connectivity index (χ0) is 19.4. The van der Waals surface area contributed by atoms with Crippen molar-refractivity contribution in [2.24, 2.45) is 0 Å². The molecule has 1 aliphatic rings. The van der Waals surface area contributed by atoms with E-state index in [1.165, 1.54) is 0 Å². The molecular formula is C20H23IN2O3S. The van der Waals surface area contributed by atoms with E-state index in [4.69, 9.17) is 0 Å². The number of hydrogen-bond acceptors (Lipinski definition) is 4. The van der Waals surface area contributed by atoms with E-state index >= 15 is 0 Å². The van der Waals surface area contributed by atoms with Crippen LogP contribution in [0.1, 0.15) is 30.1 Å².